The fourth-order valence-corrected chi connectivity index (χ4v) is 4.15. The van der Waals surface area contributed by atoms with Gasteiger partial charge in [-0.1, -0.05) is 62.3 Å². The highest BCUT2D eigenvalue weighted by molar-refractivity contribution is 7.75. The van der Waals surface area contributed by atoms with E-state index in [1.807, 2.05) is 55.4 Å². The quantitative estimate of drug-likeness (QED) is 0.161. The maximum atomic E-state index is 12.8. The van der Waals surface area contributed by atoms with Crippen LogP contribution >= 0.6 is 12.9 Å². The molecule has 200 valence electrons. The molecule has 0 amide bonds. The van der Waals surface area contributed by atoms with Crippen LogP contribution in [0.3, 0.4) is 0 Å². The second kappa shape index (κ2) is 12.1. The smallest absolute Gasteiger partial charge is 0.339 e. The van der Waals surface area contributed by atoms with Crippen LogP contribution in [0.15, 0.2) is 0 Å². The third-order valence-electron chi connectivity index (χ3n) is 4.80. The summed E-state index contributed by atoms with van der Waals surface area (Å²) >= 11 is 3.88. The van der Waals surface area contributed by atoms with E-state index < -0.39 is 35.0 Å². The molecular formula is C26H48O7S. The fourth-order valence-electron chi connectivity index (χ4n) is 4.01. The van der Waals surface area contributed by atoms with E-state index in [9.17, 15) is 14.4 Å². The van der Waals surface area contributed by atoms with Gasteiger partial charge in [-0.2, -0.15) is 0 Å². The van der Waals surface area contributed by atoms with Crippen LogP contribution in [0.1, 0.15) is 102 Å². The average molecular weight is 505 g/mol. The highest BCUT2D eigenvalue weighted by atomic mass is 32.1. The first-order chi connectivity index (χ1) is 15.0. The third kappa shape index (κ3) is 13.6. The number of esters is 3. The van der Waals surface area contributed by atoms with E-state index >= 15 is 0 Å². The van der Waals surface area contributed by atoms with Crippen molar-refractivity contribution in [3.8, 4) is 0 Å². The lowest BCUT2D eigenvalue weighted by atomic mass is 9.76. The zero-order chi connectivity index (χ0) is 27.2. The highest BCUT2D eigenvalue weighted by Crippen LogP contribution is 2.34. The van der Waals surface area contributed by atoms with Gasteiger partial charge >= 0.3 is 17.9 Å². The minimum absolute atomic E-state index is 0.0685. The molecule has 0 saturated carbocycles. The van der Waals surface area contributed by atoms with Gasteiger partial charge in [0.15, 0.2) is 11.7 Å². The van der Waals surface area contributed by atoms with E-state index in [0.29, 0.717) is 12.8 Å². The van der Waals surface area contributed by atoms with Gasteiger partial charge < -0.3 is 18.4 Å². The first-order valence-electron chi connectivity index (χ1n) is 11.9. The van der Waals surface area contributed by atoms with Crippen molar-refractivity contribution >= 4 is 30.8 Å². The van der Waals surface area contributed by atoms with E-state index in [4.69, 9.17) is 18.4 Å². The van der Waals surface area contributed by atoms with Gasteiger partial charge in [0.2, 0.25) is 0 Å². The lowest BCUT2D eigenvalue weighted by Crippen LogP contribution is -2.43. The number of rotatable bonds is 11. The van der Waals surface area contributed by atoms with E-state index in [-0.39, 0.29) is 35.9 Å². The minimum atomic E-state index is -1.29. The molecule has 2 atom stereocenters. The van der Waals surface area contributed by atoms with Crippen LogP contribution in [0.25, 0.3) is 0 Å². The Kier molecular flexibility index (Phi) is 11.7. The van der Waals surface area contributed by atoms with E-state index in [2.05, 4.69) is 33.7 Å². The molecule has 0 rings (SSSR count). The normalized spacial score (nSPS) is 15.8. The zero-order valence-electron chi connectivity index (χ0n) is 23.4. The van der Waals surface area contributed by atoms with Crippen LogP contribution in [-0.2, 0) is 32.8 Å². The SMILES string of the molecule is CC(C)(C)CC(=O)OC(COC(=O)C(C)(C)CC(C)(C)C)COC(=O)C(C)(CC(C)(C)C)OS. The maximum Gasteiger partial charge on any atom is 0.339 e. The summed E-state index contributed by atoms with van der Waals surface area (Å²) in [4.78, 5) is 38.0. The molecule has 8 heteroatoms. The lowest BCUT2D eigenvalue weighted by molar-refractivity contribution is -0.177. The van der Waals surface area contributed by atoms with Crippen LogP contribution in [0.4, 0.5) is 0 Å². The van der Waals surface area contributed by atoms with Crippen molar-refractivity contribution in [2.24, 2.45) is 21.7 Å². The Bertz CT molecular complexity index is 695. The molecule has 0 aromatic rings. The molecule has 0 aliphatic heterocycles. The molecule has 0 fully saturated rings. The first kappa shape index (κ1) is 32.7. The monoisotopic (exact) mass is 504 g/mol. The van der Waals surface area contributed by atoms with Crippen LogP contribution in [0.5, 0.6) is 0 Å². The topological polar surface area (TPSA) is 88.1 Å². The minimum Gasteiger partial charge on any atom is -0.461 e. The molecule has 0 aliphatic carbocycles. The van der Waals surface area contributed by atoms with Crippen LogP contribution in [0.2, 0.25) is 0 Å². The van der Waals surface area contributed by atoms with E-state index in [1.165, 1.54) is 0 Å². The van der Waals surface area contributed by atoms with Gasteiger partial charge in [0.05, 0.1) is 11.8 Å². The molecule has 0 aromatic carbocycles. The Labute approximate surface area is 212 Å². The summed E-state index contributed by atoms with van der Waals surface area (Å²) < 4.78 is 21.7. The number of thiol groups is 1. The fraction of sp³-hybridized carbons (Fsp3) is 0.885. The third-order valence-corrected chi connectivity index (χ3v) is 5.20. The molecule has 2 unspecified atom stereocenters. The standard InChI is InChI=1S/C26H48O7S/c1-22(2,3)13-19(27)32-18(14-30-20(28)25(10,11)16-23(4,5)6)15-31-21(29)26(12,33-34)17-24(7,8)9/h18,34H,13-17H2,1-12H3. The van der Waals surface area contributed by atoms with Crippen molar-refractivity contribution in [2.75, 3.05) is 13.2 Å². The van der Waals surface area contributed by atoms with Crippen molar-refractivity contribution in [1.29, 1.82) is 0 Å². The van der Waals surface area contributed by atoms with Gasteiger partial charge in [-0.15, -0.1) is 0 Å². The number of hydrogen-bond donors (Lipinski definition) is 1. The summed E-state index contributed by atoms with van der Waals surface area (Å²) in [6.45, 7) is 22.6. The number of hydrogen-bond acceptors (Lipinski definition) is 8. The molecule has 7 nitrogen and oxygen atoms in total. The van der Waals surface area contributed by atoms with Crippen molar-refractivity contribution in [1.82, 2.24) is 0 Å². The number of carbonyl (C=O) groups excluding carboxylic acids is 3. The second-order valence-corrected chi connectivity index (χ2v) is 13.9. The van der Waals surface area contributed by atoms with Gasteiger partial charge in [0, 0.05) is 0 Å². The van der Waals surface area contributed by atoms with Gasteiger partial charge in [0.1, 0.15) is 13.2 Å². The van der Waals surface area contributed by atoms with Gasteiger partial charge in [-0.3, -0.25) is 9.59 Å². The molecular weight excluding hydrogens is 456 g/mol. The zero-order valence-corrected chi connectivity index (χ0v) is 24.3. The van der Waals surface area contributed by atoms with E-state index in [0.717, 1.165) is 0 Å². The Morgan fingerprint density at radius 3 is 1.50 bits per heavy atom. The first-order valence-corrected chi connectivity index (χ1v) is 12.2. The molecule has 0 spiro atoms. The Morgan fingerprint density at radius 2 is 1.12 bits per heavy atom. The second-order valence-electron chi connectivity index (χ2n) is 13.7. The maximum absolute atomic E-state index is 12.8. The number of carbonyl (C=O) groups is 3. The van der Waals surface area contributed by atoms with Gasteiger partial charge in [0.25, 0.3) is 0 Å². The molecule has 0 radical (unpaired) electrons. The predicted molar refractivity (Wildman–Crippen MR) is 136 cm³/mol. The summed E-state index contributed by atoms with van der Waals surface area (Å²) in [5.41, 5.74) is -2.58. The van der Waals surface area contributed by atoms with Crippen molar-refractivity contribution in [2.45, 2.75) is 114 Å². The summed E-state index contributed by atoms with van der Waals surface area (Å²) in [5.74, 6) is -1.49. The lowest BCUT2D eigenvalue weighted by Gasteiger charge is -2.32. The Morgan fingerprint density at radius 1 is 0.676 bits per heavy atom. The molecule has 0 bridgehead atoms. The Balaban J connectivity index is 5.39. The highest BCUT2D eigenvalue weighted by Gasteiger charge is 2.40. The molecule has 34 heavy (non-hydrogen) atoms. The summed E-state index contributed by atoms with van der Waals surface area (Å²) in [5, 5.41) is 0. The van der Waals surface area contributed by atoms with Crippen LogP contribution in [0, 0.1) is 21.7 Å². The van der Waals surface area contributed by atoms with Crippen molar-refractivity contribution < 1.29 is 32.8 Å². The summed E-state index contributed by atoms with van der Waals surface area (Å²) in [7, 11) is 0. The number of ether oxygens (including phenoxy) is 3. The molecule has 0 aliphatic rings. The van der Waals surface area contributed by atoms with Gasteiger partial charge in [-0.05, 0) is 62.8 Å². The van der Waals surface area contributed by atoms with Crippen LogP contribution in [-0.4, -0.2) is 42.8 Å². The Hall–Kier alpha value is -1.28. The average Bonchev–Trinajstić information content (AvgIpc) is 2.58. The van der Waals surface area contributed by atoms with E-state index in [1.54, 1.807) is 6.92 Å². The summed E-state index contributed by atoms with van der Waals surface area (Å²) in [6.07, 6.45) is 0.217. The molecule has 0 heterocycles. The summed E-state index contributed by atoms with van der Waals surface area (Å²) in [6, 6.07) is 0. The molecule has 0 aromatic heterocycles. The van der Waals surface area contributed by atoms with Crippen molar-refractivity contribution in [3.05, 3.63) is 0 Å². The van der Waals surface area contributed by atoms with Crippen molar-refractivity contribution in [3.63, 3.8) is 0 Å². The predicted octanol–water partition coefficient (Wildman–Crippen LogP) is 5.94. The largest absolute Gasteiger partial charge is 0.461 e. The molecule has 0 saturated heterocycles. The van der Waals surface area contributed by atoms with Gasteiger partial charge in [-0.25, -0.2) is 4.79 Å². The van der Waals surface area contributed by atoms with Crippen LogP contribution < -0.4 is 0 Å². The molecule has 0 N–H and O–H groups in total.